The molecule has 1 unspecified atom stereocenters. The van der Waals surface area contributed by atoms with Gasteiger partial charge in [-0.25, -0.2) is 4.79 Å². The smallest absolute Gasteiger partial charge is 0.417 e. The van der Waals surface area contributed by atoms with Gasteiger partial charge in [0.1, 0.15) is 5.58 Å². The van der Waals surface area contributed by atoms with Crippen LogP contribution in [0, 0.1) is 5.92 Å². The number of carbonyl (C=O) groups excluding carboxylic acids is 1. The molecule has 2 aromatic rings. The number of nitrogens with one attached hydrogen (secondary N) is 1. The molecule has 0 saturated heterocycles. The van der Waals surface area contributed by atoms with Crippen LogP contribution in [0.2, 0.25) is 0 Å². The Bertz CT molecular complexity index is 812. The van der Waals surface area contributed by atoms with Crippen LogP contribution in [0.4, 0.5) is 18.9 Å². The van der Waals surface area contributed by atoms with Crippen molar-refractivity contribution in [3.63, 3.8) is 0 Å². The van der Waals surface area contributed by atoms with Crippen LogP contribution in [0.15, 0.2) is 33.5 Å². The topological polar surface area (TPSA) is 85.3 Å². The van der Waals surface area contributed by atoms with E-state index >= 15 is 0 Å². The number of amides is 1. The van der Waals surface area contributed by atoms with Gasteiger partial charge in [-0.15, -0.1) is 0 Å². The minimum absolute atomic E-state index is 0.203. The first-order valence-corrected chi connectivity index (χ1v) is 7.29. The summed E-state index contributed by atoms with van der Waals surface area (Å²) in [6.07, 6.45) is -4.22. The van der Waals surface area contributed by atoms with Crippen molar-refractivity contribution in [3.05, 3.63) is 40.2 Å². The molecular formula is C16H17F3N2O3. The summed E-state index contributed by atoms with van der Waals surface area (Å²) in [6.45, 7) is 3.83. The standard InChI is InChI=1S/C16H17F3N2O3/c1-8(2)5-12(20)15(23)21-9-3-4-10-11(16(17,18)19)7-14(22)24-13(10)6-9/h3-4,6-8,12H,5,20H2,1-2H3,(H,21,23). The van der Waals surface area contributed by atoms with E-state index in [0.29, 0.717) is 12.5 Å². The second-order valence-corrected chi connectivity index (χ2v) is 5.91. The summed E-state index contributed by atoms with van der Waals surface area (Å²) in [5.41, 5.74) is 3.50. The van der Waals surface area contributed by atoms with Crippen LogP contribution < -0.4 is 16.7 Å². The summed E-state index contributed by atoms with van der Waals surface area (Å²) in [7, 11) is 0. The molecule has 1 aromatic carbocycles. The van der Waals surface area contributed by atoms with E-state index in [1.165, 1.54) is 12.1 Å². The molecule has 0 spiro atoms. The molecule has 1 heterocycles. The van der Waals surface area contributed by atoms with Gasteiger partial charge in [0, 0.05) is 23.2 Å². The molecule has 24 heavy (non-hydrogen) atoms. The van der Waals surface area contributed by atoms with Crippen molar-refractivity contribution < 1.29 is 22.4 Å². The molecule has 8 heteroatoms. The molecular weight excluding hydrogens is 325 g/mol. The Morgan fingerprint density at radius 1 is 1.29 bits per heavy atom. The molecule has 1 amide bonds. The van der Waals surface area contributed by atoms with E-state index < -0.39 is 29.3 Å². The third-order valence-electron chi connectivity index (χ3n) is 3.38. The van der Waals surface area contributed by atoms with Crippen molar-refractivity contribution in [1.82, 2.24) is 0 Å². The molecule has 1 atom stereocenters. The second kappa shape index (κ2) is 6.64. The van der Waals surface area contributed by atoms with Crippen molar-refractivity contribution in [2.75, 3.05) is 5.32 Å². The summed E-state index contributed by atoms with van der Waals surface area (Å²) in [5.74, 6) is -0.243. The number of hydrogen-bond donors (Lipinski definition) is 2. The number of carbonyl (C=O) groups is 1. The lowest BCUT2D eigenvalue weighted by Crippen LogP contribution is -2.36. The van der Waals surface area contributed by atoms with Crippen molar-refractivity contribution in [3.8, 4) is 0 Å². The Morgan fingerprint density at radius 3 is 2.54 bits per heavy atom. The van der Waals surface area contributed by atoms with Gasteiger partial charge in [-0.05, 0) is 24.5 Å². The fraction of sp³-hybridized carbons (Fsp3) is 0.375. The highest BCUT2D eigenvalue weighted by Crippen LogP contribution is 2.34. The number of nitrogens with two attached hydrogens (primary N) is 1. The molecule has 0 bridgehead atoms. The SMILES string of the molecule is CC(C)CC(N)C(=O)Nc1ccc2c(C(F)(F)F)cc(=O)oc2c1. The average Bonchev–Trinajstić information content (AvgIpc) is 2.44. The van der Waals surface area contributed by atoms with Crippen LogP contribution in [0.3, 0.4) is 0 Å². The number of alkyl halides is 3. The Labute approximate surface area is 135 Å². The van der Waals surface area contributed by atoms with E-state index in [1.54, 1.807) is 0 Å². The first-order chi connectivity index (χ1) is 11.1. The number of hydrogen-bond acceptors (Lipinski definition) is 4. The Hall–Kier alpha value is -2.35. The highest BCUT2D eigenvalue weighted by Gasteiger charge is 2.33. The summed E-state index contributed by atoms with van der Waals surface area (Å²) >= 11 is 0. The van der Waals surface area contributed by atoms with Crippen molar-refractivity contribution >= 4 is 22.6 Å². The largest absolute Gasteiger partial charge is 0.423 e. The molecule has 130 valence electrons. The molecule has 0 aliphatic heterocycles. The van der Waals surface area contributed by atoms with Crippen LogP contribution in [-0.4, -0.2) is 11.9 Å². The first-order valence-electron chi connectivity index (χ1n) is 7.29. The predicted molar refractivity (Wildman–Crippen MR) is 83.5 cm³/mol. The number of anilines is 1. The lowest BCUT2D eigenvalue weighted by Gasteiger charge is -2.15. The predicted octanol–water partition coefficient (Wildman–Crippen LogP) is 3.12. The zero-order valence-electron chi connectivity index (χ0n) is 13.1. The summed E-state index contributed by atoms with van der Waals surface area (Å²) in [6, 6.07) is 3.28. The van der Waals surface area contributed by atoms with Crippen LogP contribution in [0.5, 0.6) is 0 Å². The fourth-order valence-electron chi connectivity index (χ4n) is 2.32. The maximum Gasteiger partial charge on any atom is 0.417 e. The van der Waals surface area contributed by atoms with Gasteiger partial charge in [-0.3, -0.25) is 4.79 Å². The van der Waals surface area contributed by atoms with E-state index in [0.717, 1.165) is 6.07 Å². The molecule has 0 saturated carbocycles. The summed E-state index contributed by atoms with van der Waals surface area (Å²) < 4.78 is 43.7. The number of rotatable bonds is 4. The number of halogens is 3. The highest BCUT2D eigenvalue weighted by molar-refractivity contribution is 5.96. The summed E-state index contributed by atoms with van der Waals surface area (Å²) in [4.78, 5) is 23.3. The van der Waals surface area contributed by atoms with Gasteiger partial charge >= 0.3 is 11.8 Å². The van der Waals surface area contributed by atoms with Gasteiger partial charge in [-0.2, -0.15) is 13.2 Å². The Kier molecular flexibility index (Phi) is 4.98. The molecule has 3 N–H and O–H groups in total. The van der Waals surface area contributed by atoms with Gasteiger partial charge in [0.2, 0.25) is 5.91 Å². The minimum Gasteiger partial charge on any atom is -0.423 e. The van der Waals surface area contributed by atoms with E-state index in [2.05, 4.69) is 5.32 Å². The third-order valence-corrected chi connectivity index (χ3v) is 3.38. The molecule has 0 aliphatic carbocycles. The van der Waals surface area contributed by atoms with Crippen LogP contribution in [0.25, 0.3) is 11.0 Å². The van der Waals surface area contributed by atoms with E-state index in [9.17, 15) is 22.8 Å². The van der Waals surface area contributed by atoms with E-state index in [1.807, 2.05) is 13.8 Å². The average molecular weight is 342 g/mol. The van der Waals surface area contributed by atoms with Gasteiger partial charge in [0.25, 0.3) is 0 Å². The molecule has 0 fully saturated rings. The van der Waals surface area contributed by atoms with Gasteiger partial charge < -0.3 is 15.5 Å². The van der Waals surface area contributed by atoms with Crippen molar-refractivity contribution in [2.45, 2.75) is 32.5 Å². The first kappa shape index (κ1) is 18.0. The van der Waals surface area contributed by atoms with Crippen LogP contribution in [-0.2, 0) is 11.0 Å². The highest BCUT2D eigenvalue weighted by atomic mass is 19.4. The number of fused-ring (bicyclic) bond motifs is 1. The fourth-order valence-corrected chi connectivity index (χ4v) is 2.32. The number of benzene rings is 1. The monoisotopic (exact) mass is 342 g/mol. The molecule has 0 radical (unpaired) electrons. The van der Waals surface area contributed by atoms with Crippen molar-refractivity contribution in [1.29, 1.82) is 0 Å². The molecule has 1 aromatic heterocycles. The maximum absolute atomic E-state index is 13.0. The molecule has 5 nitrogen and oxygen atoms in total. The Morgan fingerprint density at radius 2 is 1.96 bits per heavy atom. The van der Waals surface area contributed by atoms with E-state index in [4.69, 9.17) is 10.2 Å². The zero-order valence-corrected chi connectivity index (χ0v) is 13.1. The lowest BCUT2D eigenvalue weighted by atomic mass is 10.0. The van der Waals surface area contributed by atoms with E-state index in [-0.39, 0.29) is 22.6 Å². The van der Waals surface area contributed by atoms with Crippen LogP contribution in [0.1, 0.15) is 25.8 Å². The summed E-state index contributed by atoms with van der Waals surface area (Å²) in [5, 5.41) is 2.25. The maximum atomic E-state index is 13.0. The van der Waals surface area contributed by atoms with Gasteiger partial charge in [-0.1, -0.05) is 13.8 Å². The normalized spacial score (nSPS) is 13.3. The molecule has 0 aliphatic rings. The van der Waals surface area contributed by atoms with Gasteiger partial charge in [0.15, 0.2) is 0 Å². The van der Waals surface area contributed by atoms with Gasteiger partial charge in [0.05, 0.1) is 11.6 Å². The van der Waals surface area contributed by atoms with Crippen LogP contribution >= 0.6 is 0 Å². The Balaban J connectivity index is 2.35. The minimum atomic E-state index is -4.68. The van der Waals surface area contributed by atoms with Crippen molar-refractivity contribution in [2.24, 2.45) is 11.7 Å². The zero-order chi connectivity index (χ0) is 18.1. The molecule has 2 rings (SSSR count). The quantitative estimate of drug-likeness (QED) is 0.836. The second-order valence-electron chi connectivity index (χ2n) is 5.91. The third kappa shape index (κ3) is 4.14. The lowest BCUT2D eigenvalue weighted by molar-refractivity contribution is -0.136.